The van der Waals surface area contributed by atoms with Crippen LogP contribution in [0.5, 0.6) is 0 Å². The first-order chi connectivity index (χ1) is 13.5. The number of hydrogen-bond donors (Lipinski definition) is 1. The largest absolute Gasteiger partial charge is 0.389 e. The molecule has 2 aromatic carbocycles. The van der Waals surface area contributed by atoms with Crippen molar-refractivity contribution in [2.75, 3.05) is 23.9 Å². The van der Waals surface area contributed by atoms with Crippen LogP contribution in [0.25, 0.3) is 0 Å². The number of thioether (sulfide) groups is 1. The van der Waals surface area contributed by atoms with Crippen molar-refractivity contribution in [3.05, 3.63) is 66.2 Å². The minimum atomic E-state index is -0.715. The number of likely N-dealkylation sites (tertiary alicyclic amines) is 1. The molecule has 146 valence electrons. The molecular weight excluding hydrogens is 368 g/mol. The predicted molar refractivity (Wildman–Crippen MR) is 115 cm³/mol. The number of amides is 1. The number of hydrogen-bond acceptors (Lipinski definition) is 4. The van der Waals surface area contributed by atoms with Crippen LogP contribution in [0.15, 0.2) is 65.6 Å². The molecule has 2 aliphatic heterocycles. The quantitative estimate of drug-likeness (QED) is 0.755. The lowest BCUT2D eigenvalue weighted by atomic mass is 9.86. The first-order valence-corrected chi connectivity index (χ1v) is 10.7. The Labute approximate surface area is 170 Å². The molecule has 0 atom stereocenters. The highest BCUT2D eigenvalue weighted by molar-refractivity contribution is 7.99. The van der Waals surface area contributed by atoms with Crippen LogP contribution in [0, 0.1) is 0 Å². The van der Waals surface area contributed by atoms with Crippen molar-refractivity contribution in [3.63, 3.8) is 0 Å². The van der Waals surface area contributed by atoms with Crippen LogP contribution in [0.1, 0.15) is 36.5 Å². The van der Waals surface area contributed by atoms with Gasteiger partial charge >= 0.3 is 0 Å². The maximum atomic E-state index is 12.9. The number of para-hydroxylation sites is 1. The van der Waals surface area contributed by atoms with Gasteiger partial charge in [0.1, 0.15) is 0 Å². The number of carbonyl (C=O) groups excluding carboxylic acids is 1. The third-order valence-electron chi connectivity index (χ3n) is 5.54. The zero-order valence-electron chi connectivity index (χ0n) is 16.2. The van der Waals surface area contributed by atoms with Crippen LogP contribution < -0.4 is 4.90 Å². The van der Waals surface area contributed by atoms with Gasteiger partial charge in [-0.2, -0.15) is 0 Å². The Kier molecular flexibility index (Phi) is 5.21. The van der Waals surface area contributed by atoms with Gasteiger partial charge in [-0.1, -0.05) is 17.7 Å². The van der Waals surface area contributed by atoms with Crippen molar-refractivity contribution >= 4 is 29.0 Å². The fraction of sp³-hybridized carbons (Fsp3) is 0.348. The Balaban J connectivity index is 1.42. The van der Waals surface area contributed by atoms with E-state index < -0.39 is 5.60 Å². The van der Waals surface area contributed by atoms with Gasteiger partial charge in [-0.15, -0.1) is 18.3 Å². The van der Waals surface area contributed by atoms with E-state index >= 15 is 0 Å². The molecule has 2 aromatic rings. The molecule has 1 fully saturated rings. The van der Waals surface area contributed by atoms with Crippen LogP contribution in [0.3, 0.4) is 0 Å². The minimum Gasteiger partial charge on any atom is -0.389 e. The maximum absolute atomic E-state index is 12.9. The van der Waals surface area contributed by atoms with E-state index in [2.05, 4.69) is 35.7 Å². The van der Waals surface area contributed by atoms with Gasteiger partial charge in [0.05, 0.1) is 17.2 Å². The molecule has 0 aromatic heterocycles. The first-order valence-electron chi connectivity index (χ1n) is 9.71. The summed E-state index contributed by atoms with van der Waals surface area (Å²) in [5, 5.41) is 10.6. The van der Waals surface area contributed by atoms with Gasteiger partial charge in [-0.3, -0.25) is 4.79 Å². The summed E-state index contributed by atoms with van der Waals surface area (Å²) in [5.41, 5.74) is 3.30. The van der Waals surface area contributed by atoms with Gasteiger partial charge in [0.2, 0.25) is 0 Å². The van der Waals surface area contributed by atoms with Crippen molar-refractivity contribution in [3.8, 4) is 0 Å². The molecule has 0 saturated carbocycles. The number of aliphatic hydroxyl groups is 1. The summed E-state index contributed by atoms with van der Waals surface area (Å²) in [7, 11) is 0. The molecule has 1 amide bonds. The standard InChI is InChI=1S/C23H26N2O2S/c1-17(2)15-23(27)11-13-24(14-12-23)22(26)18-7-9-19(10-8-18)25-16-28-21-6-4-3-5-20(21)25/h3-10,27H,1,11-16H2,2H3. The summed E-state index contributed by atoms with van der Waals surface area (Å²) in [4.78, 5) is 18.3. The van der Waals surface area contributed by atoms with E-state index in [1.807, 2.05) is 47.9 Å². The van der Waals surface area contributed by atoms with Crippen molar-refractivity contribution in [1.29, 1.82) is 0 Å². The lowest BCUT2D eigenvalue weighted by Gasteiger charge is -2.38. The molecule has 1 saturated heterocycles. The molecular formula is C23H26N2O2S. The van der Waals surface area contributed by atoms with E-state index in [4.69, 9.17) is 0 Å². The second kappa shape index (κ2) is 7.64. The van der Waals surface area contributed by atoms with E-state index in [9.17, 15) is 9.90 Å². The molecule has 0 radical (unpaired) electrons. The van der Waals surface area contributed by atoms with Crippen molar-refractivity contribution < 1.29 is 9.90 Å². The second-order valence-electron chi connectivity index (χ2n) is 7.87. The summed E-state index contributed by atoms with van der Waals surface area (Å²) in [6.07, 6.45) is 1.82. The van der Waals surface area contributed by atoms with Crippen LogP contribution >= 0.6 is 11.8 Å². The number of fused-ring (bicyclic) bond motifs is 1. The molecule has 0 spiro atoms. The number of piperidine rings is 1. The molecule has 0 unspecified atom stereocenters. The van der Waals surface area contributed by atoms with Crippen LogP contribution in [0.2, 0.25) is 0 Å². The maximum Gasteiger partial charge on any atom is 0.253 e. The van der Waals surface area contributed by atoms with Gasteiger partial charge in [-0.05, 0) is 62.6 Å². The lowest BCUT2D eigenvalue weighted by Crippen LogP contribution is -2.46. The van der Waals surface area contributed by atoms with E-state index in [-0.39, 0.29) is 5.91 Å². The van der Waals surface area contributed by atoms with E-state index in [0.717, 1.165) is 17.1 Å². The summed E-state index contributed by atoms with van der Waals surface area (Å²) in [6, 6.07) is 16.3. The Hall–Kier alpha value is -2.24. The molecule has 0 bridgehead atoms. The fourth-order valence-corrected chi connectivity index (χ4v) is 5.11. The molecule has 2 aliphatic rings. The molecule has 1 N–H and O–H groups in total. The van der Waals surface area contributed by atoms with Gasteiger partial charge < -0.3 is 14.9 Å². The summed E-state index contributed by atoms with van der Waals surface area (Å²) >= 11 is 1.83. The summed E-state index contributed by atoms with van der Waals surface area (Å²) in [6.45, 7) is 7.01. The first kappa shape index (κ1) is 19.1. The highest BCUT2D eigenvalue weighted by Crippen LogP contribution is 2.42. The minimum absolute atomic E-state index is 0.0418. The number of carbonyl (C=O) groups is 1. The normalized spacial score (nSPS) is 18.1. The van der Waals surface area contributed by atoms with E-state index in [0.29, 0.717) is 37.9 Å². The fourth-order valence-electron chi connectivity index (χ4n) is 4.05. The Morgan fingerprint density at radius 1 is 1.14 bits per heavy atom. The number of benzene rings is 2. The average Bonchev–Trinajstić information content (AvgIpc) is 3.11. The third kappa shape index (κ3) is 3.82. The SMILES string of the molecule is C=C(C)CC1(O)CCN(C(=O)c2ccc(N3CSc4ccccc43)cc2)CC1. The van der Waals surface area contributed by atoms with Crippen molar-refractivity contribution in [2.45, 2.75) is 36.7 Å². The molecule has 4 rings (SSSR count). The summed E-state index contributed by atoms with van der Waals surface area (Å²) in [5.74, 6) is 0.931. The smallest absolute Gasteiger partial charge is 0.253 e. The van der Waals surface area contributed by atoms with E-state index in [1.54, 1.807) is 0 Å². The monoisotopic (exact) mass is 394 g/mol. The van der Waals surface area contributed by atoms with Crippen LogP contribution in [-0.4, -0.2) is 40.5 Å². The number of rotatable bonds is 4. The molecule has 2 heterocycles. The second-order valence-corrected chi connectivity index (χ2v) is 8.85. The van der Waals surface area contributed by atoms with Crippen LogP contribution in [-0.2, 0) is 0 Å². The van der Waals surface area contributed by atoms with Crippen LogP contribution in [0.4, 0.5) is 11.4 Å². The highest BCUT2D eigenvalue weighted by Gasteiger charge is 2.34. The Morgan fingerprint density at radius 2 is 1.82 bits per heavy atom. The van der Waals surface area contributed by atoms with Gasteiger partial charge in [0, 0.05) is 29.2 Å². The van der Waals surface area contributed by atoms with Gasteiger partial charge in [0.15, 0.2) is 0 Å². The lowest BCUT2D eigenvalue weighted by molar-refractivity contribution is -0.0160. The van der Waals surface area contributed by atoms with Crippen molar-refractivity contribution in [1.82, 2.24) is 4.90 Å². The predicted octanol–water partition coefficient (Wildman–Crippen LogP) is 4.82. The number of nitrogens with zero attached hydrogens (tertiary/aromatic N) is 2. The highest BCUT2D eigenvalue weighted by atomic mass is 32.2. The molecule has 4 nitrogen and oxygen atoms in total. The summed E-state index contributed by atoms with van der Waals surface area (Å²) < 4.78 is 0. The van der Waals surface area contributed by atoms with Gasteiger partial charge in [-0.25, -0.2) is 0 Å². The zero-order valence-corrected chi connectivity index (χ0v) is 17.0. The van der Waals surface area contributed by atoms with Gasteiger partial charge in [0.25, 0.3) is 5.91 Å². The Morgan fingerprint density at radius 3 is 2.50 bits per heavy atom. The van der Waals surface area contributed by atoms with Crippen molar-refractivity contribution in [2.24, 2.45) is 0 Å². The topological polar surface area (TPSA) is 43.8 Å². The Bertz CT molecular complexity index is 886. The average molecular weight is 395 g/mol. The number of anilines is 2. The third-order valence-corrected chi connectivity index (χ3v) is 6.59. The molecule has 5 heteroatoms. The molecule has 28 heavy (non-hydrogen) atoms. The molecule has 0 aliphatic carbocycles. The zero-order chi connectivity index (χ0) is 19.7. The van der Waals surface area contributed by atoms with E-state index in [1.165, 1.54) is 10.6 Å².